The molecule has 2 atom stereocenters. The zero-order valence-corrected chi connectivity index (χ0v) is 23.8. The quantitative estimate of drug-likeness (QED) is 0.0819. The Morgan fingerprint density at radius 2 is 1.03 bits per heavy atom. The minimum absolute atomic E-state index is 0.252. The van der Waals surface area contributed by atoms with Crippen molar-refractivity contribution >= 4 is 16.0 Å². The molecule has 0 rings (SSSR count). The first-order chi connectivity index (χ1) is 16.8. The van der Waals surface area contributed by atoms with Crippen LogP contribution in [0.1, 0.15) is 155 Å². The molecule has 0 aliphatic carbocycles. The van der Waals surface area contributed by atoms with E-state index >= 15 is 0 Å². The minimum Gasteiger partial charge on any atom is -0.391 e. The largest absolute Gasteiger partial charge is 0.391 e. The Morgan fingerprint density at radius 3 is 1.43 bits per heavy atom. The molecule has 6 nitrogen and oxygen atoms in total. The number of aliphatic hydroxyl groups is 1. The second kappa shape index (κ2) is 23.7. The Bertz CT molecular complexity index is 582. The fourth-order valence-corrected chi connectivity index (χ4v) is 5.33. The molecule has 0 aromatic carbocycles. The highest BCUT2D eigenvalue weighted by Crippen LogP contribution is 2.14. The molecule has 0 saturated carbocycles. The summed E-state index contributed by atoms with van der Waals surface area (Å²) in [4.78, 5) is 12.3. The molecule has 0 aromatic heterocycles. The molecule has 3 N–H and O–H groups in total. The lowest BCUT2D eigenvalue weighted by Crippen LogP contribution is -2.47. The number of carbonyl (C=O) groups excluding carboxylic acids is 1. The standard InChI is InChI=1S/C28H57NO5S/c1-3-5-7-9-10-11-12-13-14-15-16-17-18-20-22-24-28(31)29-26(25-35(32,33)34)27(30)23-21-19-8-6-4-2/h26-27,30H,3-25H2,1-2H3,(H,29,31)(H,32,33,34). The molecule has 2 unspecified atom stereocenters. The lowest BCUT2D eigenvalue weighted by molar-refractivity contribution is -0.122. The zero-order chi connectivity index (χ0) is 26.2. The van der Waals surface area contributed by atoms with E-state index in [1.807, 2.05) is 0 Å². The van der Waals surface area contributed by atoms with Crippen molar-refractivity contribution < 1.29 is 22.9 Å². The van der Waals surface area contributed by atoms with E-state index < -0.39 is 28.0 Å². The highest BCUT2D eigenvalue weighted by atomic mass is 32.2. The van der Waals surface area contributed by atoms with Gasteiger partial charge in [-0.25, -0.2) is 0 Å². The van der Waals surface area contributed by atoms with Gasteiger partial charge in [0.1, 0.15) is 0 Å². The Balaban J connectivity index is 3.85. The van der Waals surface area contributed by atoms with E-state index in [9.17, 15) is 22.9 Å². The van der Waals surface area contributed by atoms with Crippen LogP contribution in [0.25, 0.3) is 0 Å². The van der Waals surface area contributed by atoms with Crippen molar-refractivity contribution in [2.75, 3.05) is 5.75 Å². The Morgan fingerprint density at radius 1 is 0.657 bits per heavy atom. The van der Waals surface area contributed by atoms with Crippen molar-refractivity contribution in [1.29, 1.82) is 0 Å². The van der Waals surface area contributed by atoms with Gasteiger partial charge in [-0.3, -0.25) is 9.35 Å². The van der Waals surface area contributed by atoms with Gasteiger partial charge < -0.3 is 10.4 Å². The molecule has 7 heteroatoms. The second-order valence-electron chi connectivity index (χ2n) is 10.4. The van der Waals surface area contributed by atoms with Gasteiger partial charge in [0.25, 0.3) is 10.1 Å². The number of hydrogen-bond donors (Lipinski definition) is 3. The second-order valence-corrected chi connectivity index (χ2v) is 11.9. The summed E-state index contributed by atoms with van der Waals surface area (Å²) in [6, 6.07) is -0.958. The smallest absolute Gasteiger partial charge is 0.266 e. The highest BCUT2D eigenvalue weighted by Gasteiger charge is 2.25. The summed E-state index contributed by atoms with van der Waals surface area (Å²) < 4.78 is 31.9. The first-order valence-electron chi connectivity index (χ1n) is 14.7. The minimum atomic E-state index is -4.28. The third kappa shape index (κ3) is 24.8. The van der Waals surface area contributed by atoms with Gasteiger partial charge in [0, 0.05) is 6.42 Å². The van der Waals surface area contributed by atoms with Gasteiger partial charge in [-0.05, 0) is 12.8 Å². The van der Waals surface area contributed by atoms with E-state index in [-0.39, 0.29) is 5.91 Å². The number of rotatable bonds is 26. The van der Waals surface area contributed by atoms with Gasteiger partial charge in [-0.1, -0.05) is 136 Å². The molecule has 0 spiro atoms. The van der Waals surface area contributed by atoms with Gasteiger partial charge in [0.2, 0.25) is 5.91 Å². The van der Waals surface area contributed by atoms with Crippen LogP contribution in [0.15, 0.2) is 0 Å². The van der Waals surface area contributed by atoms with Crippen molar-refractivity contribution in [1.82, 2.24) is 5.32 Å². The molecular formula is C28H57NO5S. The van der Waals surface area contributed by atoms with Crippen LogP contribution >= 0.6 is 0 Å². The van der Waals surface area contributed by atoms with Crippen molar-refractivity contribution in [2.24, 2.45) is 0 Å². The predicted octanol–water partition coefficient (Wildman–Crippen LogP) is 7.34. The highest BCUT2D eigenvalue weighted by molar-refractivity contribution is 7.85. The fourth-order valence-electron chi connectivity index (χ4n) is 4.57. The van der Waals surface area contributed by atoms with Crippen molar-refractivity contribution in [2.45, 2.75) is 167 Å². The number of nitrogens with one attached hydrogen (secondary N) is 1. The third-order valence-corrected chi connectivity index (χ3v) is 7.59. The number of aliphatic hydroxyl groups excluding tert-OH is 1. The Kier molecular flexibility index (Phi) is 23.3. The predicted molar refractivity (Wildman–Crippen MR) is 147 cm³/mol. The fraction of sp³-hybridized carbons (Fsp3) is 0.964. The van der Waals surface area contributed by atoms with Crippen LogP contribution in [-0.4, -0.2) is 41.9 Å². The van der Waals surface area contributed by atoms with Crippen LogP contribution in [-0.2, 0) is 14.9 Å². The molecule has 0 saturated heterocycles. The van der Waals surface area contributed by atoms with Crippen LogP contribution in [0.2, 0.25) is 0 Å². The maximum absolute atomic E-state index is 12.3. The number of hydrogen-bond acceptors (Lipinski definition) is 4. The van der Waals surface area contributed by atoms with Crippen LogP contribution in [0.5, 0.6) is 0 Å². The zero-order valence-electron chi connectivity index (χ0n) is 22.9. The van der Waals surface area contributed by atoms with Crippen molar-refractivity contribution in [3.05, 3.63) is 0 Å². The van der Waals surface area contributed by atoms with E-state index in [1.54, 1.807) is 0 Å². The molecule has 0 bridgehead atoms. The summed E-state index contributed by atoms with van der Waals surface area (Å²) in [6.45, 7) is 4.39. The van der Waals surface area contributed by atoms with Crippen LogP contribution in [0.3, 0.4) is 0 Å². The molecule has 0 radical (unpaired) electrons. The van der Waals surface area contributed by atoms with Crippen LogP contribution in [0, 0.1) is 0 Å². The van der Waals surface area contributed by atoms with Gasteiger partial charge in [-0.2, -0.15) is 8.42 Å². The molecule has 0 heterocycles. The number of amides is 1. The van der Waals surface area contributed by atoms with Crippen molar-refractivity contribution in [3.63, 3.8) is 0 Å². The van der Waals surface area contributed by atoms with Crippen LogP contribution in [0.4, 0.5) is 0 Å². The molecule has 0 aliphatic rings. The molecule has 0 aliphatic heterocycles. The first kappa shape index (κ1) is 34.3. The number of carbonyl (C=O) groups is 1. The van der Waals surface area contributed by atoms with Gasteiger partial charge >= 0.3 is 0 Å². The molecular weight excluding hydrogens is 462 g/mol. The van der Waals surface area contributed by atoms with Gasteiger partial charge in [0.05, 0.1) is 17.9 Å². The Hall–Kier alpha value is -0.660. The molecule has 0 aromatic rings. The summed E-state index contributed by atoms with van der Waals surface area (Å²) in [5.74, 6) is -0.897. The summed E-state index contributed by atoms with van der Waals surface area (Å²) in [5.41, 5.74) is 0. The average molecular weight is 520 g/mol. The summed E-state index contributed by atoms with van der Waals surface area (Å²) in [5, 5.41) is 13.0. The van der Waals surface area contributed by atoms with E-state index in [0.29, 0.717) is 12.8 Å². The lowest BCUT2D eigenvalue weighted by atomic mass is 10.0. The van der Waals surface area contributed by atoms with E-state index in [2.05, 4.69) is 19.2 Å². The first-order valence-corrected chi connectivity index (χ1v) is 16.3. The van der Waals surface area contributed by atoms with Gasteiger partial charge in [0.15, 0.2) is 0 Å². The summed E-state index contributed by atoms with van der Waals surface area (Å²) in [6.07, 6.45) is 23.8. The summed E-state index contributed by atoms with van der Waals surface area (Å²) >= 11 is 0. The summed E-state index contributed by atoms with van der Waals surface area (Å²) in [7, 11) is -4.28. The monoisotopic (exact) mass is 519 g/mol. The third-order valence-electron chi connectivity index (χ3n) is 6.81. The van der Waals surface area contributed by atoms with E-state index in [0.717, 1.165) is 51.4 Å². The molecule has 0 fully saturated rings. The SMILES string of the molecule is CCCCCCCCCCCCCCCCCC(=O)NC(CS(=O)(=O)O)C(O)CCCCCCC. The Labute approximate surface area is 217 Å². The molecule has 210 valence electrons. The van der Waals surface area contributed by atoms with Gasteiger partial charge in [-0.15, -0.1) is 0 Å². The van der Waals surface area contributed by atoms with Crippen molar-refractivity contribution in [3.8, 4) is 0 Å². The lowest BCUT2D eigenvalue weighted by Gasteiger charge is -2.23. The van der Waals surface area contributed by atoms with E-state index in [4.69, 9.17) is 0 Å². The maximum atomic E-state index is 12.3. The maximum Gasteiger partial charge on any atom is 0.266 e. The topological polar surface area (TPSA) is 104 Å². The average Bonchev–Trinajstić information content (AvgIpc) is 2.80. The normalized spacial score (nSPS) is 13.6. The number of unbranched alkanes of at least 4 members (excludes halogenated alkanes) is 18. The van der Waals surface area contributed by atoms with E-state index in [1.165, 1.54) is 77.0 Å². The van der Waals surface area contributed by atoms with Crippen LogP contribution < -0.4 is 5.32 Å². The molecule has 1 amide bonds. The molecule has 35 heavy (non-hydrogen) atoms.